The highest BCUT2D eigenvalue weighted by Gasteiger charge is 2.49. The molecule has 4 unspecified atom stereocenters. The second kappa shape index (κ2) is 7.44. The molecule has 33 heavy (non-hydrogen) atoms. The number of rotatable bonds is 1. The summed E-state index contributed by atoms with van der Waals surface area (Å²) >= 11 is 0. The highest BCUT2D eigenvalue weighted by molar-refractivity contribution is 5.89. The van der Waals surface area contributed by atoms with Crippen LogP contribution in [-0.4, -0.2) is 57.5 Å². The lowest BCUT2D eigenvalue weighted by molar-refractivity contribution is -0.194. The van der Waals surface area contributed by atoms with Crippen molar-refractivity contribution < 1.29 is 22.7 Å². The van der Waals surface area contributed by atoms with Gasteiger partial charge in [0.2, 0.25) is 5.91 Å². The standard InChI is InChI=1S/C23H25F3N4O3/c24-23(25,26)13-1-4-29-15(9-13)7-12-8-19-17(10-16(12)22(29)32)20-18(21(31)28-19)11-27-30(20)14-2-5-33-6-3-14/h8,10-16H,1-7,9H2,(H,28,31). The molecule has 0 saturated carbocycles. The van der Waals surface area contributed by atoms with Gasteiger partial charge < -0.3 is 14.6 Å². The molecule has 4 atom stereocenters. The van der Waals surface area contributed by atoms with Gasteiger partial charge in [0.1, 0.15) is 0 Å². The summed E-state index contributed by atoms with van der Waals surface area (Å²) in [4.78, 5) is 30.7. The third-order valence-electron chi connectivity index (χ3n) is 7.85. The van der Waals surface area contributed by atoms with E-state index in [0.717, 1.165) is 23.6 Å². The number of nitrogens with zero attached hydrogens (tertiary/aromatic N) is 3. The molecule has 0 bridgehead atoms. The number of H-pyrrole nitrogens is 1. The Balaban J connectivity index is 1.44. The van der Waals surface area contributed by atoms with Crippen LogP contribution in [0.15, 0.2) is 11.0 Å². The van der Waals surface area contributed by atoms with Gasteiger partial charge in [0, 0.05) is 36.4 Å². The first-order valence-electron chi connectivity index (χ1n) is 11.6. The quantitative estimate of drug-likeness (QED) is 0.696. The summed E-state index contributed by atoms with van der Waals surface area (Å²) in [5.41, 5.74) is 0.477. The summed E-state index contributed by atoms with van der Waals surface area (Å²) in [5, 5.41) is 6.41. The lowest BCUT2D eigenvalue weighted by Crippen LogP contribution is -2.57. The molecule has 3 saturated heterocycles. The molecule has 0 radical (unpaired) electrons. The lowest BCUT2D eigenvalue weighted by Gasteiger charge is -2.47. The second-order valence-electron chi connectivity index (χ2n) is 9.68. The van der Waals surface area contributed by atoms with E-state index in [9.17, 15) is 22.8 Å². The second-order valence-corrected chi connectivity index (χ2v) is 9.68. The minimum absolute atomic E-state index is 0.0441. The van der Waals surface area contributed by atoms with Crippen LogP contribution < -0.4 is 16.1 Å². The molecule has 3 aliphatic heterocycles. The number of halogens is 3. The Labute approximate surface area is 186 Å². The van der Waals surface area contributed by atoms with E-state index < -0.39 is 24.1 Å². The summed E-state index contributed by atoms with van der Waals surface area (Å²) in [7, 11) is 0. The van der Waals surface area contributed by atoms with Gasteiger partial charge in [-0.25, -0.2) is 0 Å². The van der Waals surface area contributed by atoms with E-state index in [1.165, 1.54) is 0 Å². The van der Waals surface area contributed by atoms with Crippen LogP contribution in [0.25, 0.3) is 23.1 Å². The Morgan fingerprint density at radius 3 is 2.61 bits per heavy atom. The van der Waals surface area contributed by atoms with Gasteiger partial charge in [0.25, 0.3) is 5.56 Å². The average molecular weight is 462 g/mol. The van der Waals surface area contributed by atoms with E-state index in [1.54, 1.807) is 11.1 Å². The number of alkyl halides is 3. The molecule has 7 nitrogen and oxygen atoms in total. The van der Waals surface area contributed by atoms with Crippen molar-refractivity contribution in [1.29, 1.82) is 0 Å². The molecule has 4 aliphatic rings. The van der Waals surface area contributed by atoms with Crippen LogP contribution in [-0.2, 0) is 9.53 Å². The highest BCUT2D eigenvalue weighted by Crippen LogP contribution is 2.42. The van der Waals surface area contributed by atoms with Crippen LogP contribution in [0.3, 0.4) is 0 Å². The van der Waals surface area contributed by atoms with Crippen molar-refractivity contribution in [3.05, 3.63) is 27.1 Å². The number of carbonyl (C=O) groups is 1. The molecule has 176 valence electrons. The van der Waals surface area contributed by atoms with Crippen molar-refractivity contribution in [3.63, 3.8) is 0 Å². The number of aromatic nitrogens is 3. The summed E-state index contributed by atoms with van der Waals surface area (Å²) < 4.78 is 47.3. The molecule has 2 aromatic rings. The van der Waals surface area contributed by atoms with Crippen LogP contribution in [0, 0.1) is 17.8 Å². The van der Waals surface area contributed by atoms with Gasteiger partial charge >= 0.3 is 6.18 Å². The van der Waals surface area contributed by atoms with E-state index in [-0.39, 0.29) is 42.8 Å². The molecule has 10 heteroatoms. The summed E-state index contributed by atoms with van der Waals surface area (Å²) in [6.45, 7) is 1.40. The van der Waals surface area contributed by atoms with Gasteiger partial charge in [-0.2, -0.15) is 18.3 Å². The summed E-state index contributed by atoms with van der Waals surface area (Å²) in [6, 6.07) is -0.311. The molecular weight excluding hydrogens is 437 g/mol. The van der Waals surface area contributed by atoms with Crippen LogP contribution in [0.4, 0.5) is 13.2 Å². The number of pyridine rings is 1. The topological polar surface area (TPSA) is 80.2 Å². The minimum Gasteiger partial charge on any atom is -0.381 e. The molecular formula is C23H25F3N4O3. The van der Waals surface area contributed by atoms with Crippen molar-refractivity contribution in [3.8, 4) is 0 Å². The summed E-state index contributed by atoms with van der Waals surface area (Å²) in [6.07, 6.45) is 3.09. The van der Waals surface area contributed by atoms with E-state index in [1.807, 2.05) is 16.8 Å². The van der Waals surface area contributed by atoms with Crippen molar-refractivity contribution in [2.75, 3.05) is 19.8 Å². The van der Waals surface area contributed by atoms with Crippen LogP contribution >= 0.6 is 0 Å². The zero-order valence-corrected chi connectivity index (χ0v) is 18.0. The molecule has 0 spiro atoms. The molecule has 1 N–H and O–H groups in total. The van der Waals surface area contributed by atoms with Gasteiger partial charge in [-0.1, -0.05) is 12.2 Å². The Bertz CT molecular complexity index is 1290. The number of carbonyl (C=O) groups excluding carboxylic acids is 1. The number of ether oxygens (including phenoxy) is 1. The SMILES string of the molecule is O=C1C2C=c3c([nH]c(=O)c4cnn(C5CCOCC5)c34)=CC2CC2CC(C(F)(F)F)CCN12. The van der Waals surface area contributed by atoms with Crippen LogP contribution in [0.1, 0.15) is 38.1 Å². The van der Waals surface area contributed by atoms with Gasteiger partial charge in [0.15, 0.2) is 0 Å². The largest absolute Gasteiger partial charge is 0.391 e. The number of nitrogens with one attached hydrogen (secondary N) is 1. The molecule has 2 aromatic heterocycles. The molecule has 0 aromatic carbocycles. The van der Waals surface area contributed by atoms with Gasteiger partial charge in [0.05, 0.1) is 35.0 Å². The Hall–Kier alpha value is -2.62. The van der Waals surface area contributed by atoms with Gasteiger partial charge in [-0.15, -0.1) is 0 Å². The van der Waals surface area contributed by atoms with E-state index >= 15 is 0 Å². The van der Waals surface area contributed by atoms with E-state index in [0.29, 0.717) is 30.4 Å². The fourth-order valence-electron chi connectivity index (χ4n) is 6.15. The number of hydrogen-bond donors (Lipinski definition) is 1. The maximum atomic E-state index is 13.4. The predicted octanol–water partition coefficient (Wildman–Crippen LogP) is 1.46. The normalized spacial score (nSPS) is 30.3. The number of amides is 1. The zero-order valence-electron chi connectivity index (χ0n) is 18.0. The van der Waals surface area contributed by atoms with Crippen molar-refractivity contribution >= 4 is 29.0 Å². The first kappa shape index (κ1) is 20.9. The van der Waals surface area contributed by atoms with Gasteiger partial charge in [-0.05, 0) is 38.0 Å². The van der Waals surface area contributed by atoms with Crippen LogP contribution in [0.5, 0.6) is 0 Å². The average Bonchev–Trinajstić information content (AvgIpc) is 3.24. The maximum Gasteiger partial charge on any atom is 0.391 e. The summed E-state index contributed by atoms with van der Waals surface area (Å²) in [5.74, 6) is -2.15. The smallest absolute Gasteiger partial charge is 0.381 e. The Morgan fingerprint density at radius 2 is 1.85 bits per heavy atom. The van der Waals surface area contributed by atoms with E-state index in [2.05, 4.69) is 10.1 Å². The Morgan fingerprint density at radius 1 is 1.06 bits per heavy atom. The maximum absolute atomic E-state index is 13.4. The third-order valence-corrected chi connectivity index (χ3v) is 7.85. The van der Waals surface area contributed by atoms with Crippen molar-refractivity contribution in [2.24, 2.45) is 17.8 Å². The number of piperidine rings is 2. The molecule has 6 rings (SSSR count). The molecule has 1 aliphatic carbocycles. The molecule has 5 heterocycles. The highest BCUT2D eigenvalue weighted by atomic mass is 19.4. The number of aromatic amines is 1. The predicted molar refractivity (Wildman–Crippen MR) is 114 cm³/mol. The van der Waals surface area contributed by atoms with Gasteiger partial charge in [-0.3, -0.25) is 14.3 Å². The number of hydrogen-bond acceptors (Lipinski definition) is 4. The molecule has 1 amide bonds. The first-order valence-corrected chi connectivity index (χ1v) is 11.6. The fraction of sp³-hybridized carbons (Fsp3) is 0.609. The minimum atomic E-state index is -4.24. The molecule has 3 fully saturated rings. The Kier molecular flexibility index (Phi) is 4.73. The van der Waals surface area contributed by atoms with E-state index in [4.69, 9.17) is 4.74 Å². The van der Waals surface area contributed by atoms with Crippen molar-refractivity contribution in [1.82, 2.24) is 19.7 Å². The van der Waals surface area contributed by atoms with Crippen LogP contribution in [0.2, 0.25) is 0 Å². The third kappa shape index (κ3) is 3.33. The number of fused-ring (bicyclic) bond motifs is 5. The first-order chi connectivity index (χ1) is 15.8. The fourth-order valence-corrected chi connectivity index (χ4v) is 6.15. The lowest BCUT2D eigenvalue weighted by atomic mass is 9.74. The monoisotopic (exact) mass is 462 g/mol. The van der Waals surface area contributed by atoms with Crippen molar-refractivity contribution in [2.45, 2.75) is 50.4 Å². The zero-order chi connectivity index (χ0) is 22.9.